The summed E-state index contributed by atoms with van der Waals surface area (Å²) in [5.74, 6) is -3.98. The Hall–Kier alpha value is -1.07. The molecule has 0 radical (unpaired) electrons. The summed E-state index contributed by atoms with van der Waals surface area (Å²) in [5, 5.41) is 50.5. The van der Waals surface area contributed by atoms with E-state index in [9.17, 15) is 25.3 Å². The molecule has 3 heterocycles. The van der Waals surface area contributed by atoms with Crippen LogP contribution < -0.4 is 0 Å². The second-order valence-corrected chi connectivity index (χ2v) is 29.9. The highest BCUT2D eigenvalue weighted by Gasteiger charge is 2.54. The van der Waals surface area contributed by atoms with Gasteiger partial charge in [0.05, 0.1) is 59.5 Å². The minimum Gasteiger partial charge on any atom is -0.459 e. The Labute approximate surface area is 363 Å². The van der Waals surface area contributed by atoms with Crippen LogP contribution in [-0.4, -0.2) is 159 Å². The van der Waals surface area contributed by atoms with Crippen molar-refractivity contribution in [3.63, 3.8) is 0 Å². The van der Waals surface area contributed by atoms with E-state index in [2.05, 4.69) is 49.3 Å². The summed E-state index contributed by atoms with van der Waals surface area (Å²) < 4.78 is 53.0. The lowest BCUT2D eigenvalue weighted by Gasteiger charge is -2.51. The van der Waals surface area contributed by atoms with Crippen LogP contribution in [-0.2, 0) is 42.1 Å². The van der Waals surface area contributed by atoms with Gasteiger partial charge in [0.1, 0.15) is 17.8 Å². The Morgan fingerprint density at radius 3 is 1.93 bits per heavy atom. The molecule has 1 unspecified atom stereocenters. The second-order valence-electron chi connectivity index (χ2n) is 21.0. The minimum absolute atomic E-state index is 0.00327. The molecule has 15 nitrogen and oxygen atoms in total. The first kappa shape index (κ1) is 53.3. The molecule has 0 spiro atoms. The predicted octanol–water partition coefficient (Wildman–Crippen LogP) is 5.77. The Kier molecular flexibility index (Phi) is 18.1. The zero-order valence-corrected chi connectivity index (χ0v) is 42.3. The molecule has 0 amide bonds. The van der Waals surface area contributed by atoms with Gasteiger partial charge in [0.15, 0.2) is 29.2 Å². The molecule has 4 N–H and O–H groups in total. The van der Waals surface area contributed by atoms with Crippen LogP contribution >= 0.6 is 0 Å². The molecule has 60 heavy (non-hydrogen) atoms. The molecule has 3 saturated heterocycles. The van der Waals surface area contributed by atoms with E-state index in [1.54, 1.807) is 41.7 Å². The predicted molar refractivity (Wildman–Crippen MR) is 235 cm³/mol. The third-order valence-corrected chi connectivity index (χ3v) is 14.8. The first-order valence-electron chi connectivity index (χ1n) is 22.1. The van der Waals surface area contributed by atoms with Gasteiger partial charge in [0.2, 0.25) is 0 Å². The van der Waals surface area contributed by atoms with Gasteiger partial charge in [-0.3, -0.25) is 4.79 Å². The topological polar surface area (TPSA) is 187 Å². The van der Waals surface area contributed by atoms with Crippen molar-refractivity contribution in [2.24, 2.45) is 28.8 Å². The van der Waals surface area contributed by atoms with Crippen LogP contribution in [0.2, 0.25) is 39.3 Å². The lowest BCUT2D eigenvalue weighted by atomic mass is 9.73. The summed E-state index contributed by atoms with van der Waals surface area (Å²) in [6.07, 6.45) is -7.03. The quantitative estimate of drug-likeness (QED) is 0.0848. The molecule has 0 aromatic heterocycles. The van der Waals surface area contributed by atoms with Gasteiger partial charge in [0, 0.05) is 37.3 Å². The van der Waals surface area contributed by atoms with E-state index >= 15 is 0 Å². The van der Waals surface area contributed by atoms with E-state index in [0.29, 0.717) is 6.42 Å². The number of ether oxygens (including phenoxy) is 6. The van der Waals surface area contributed by atoms with Crippen molar-refractivity contribution >= 4 is 28.3 Å². The summed E-state index contributed by atoms with van der Waals surface area (Å²) in [6.45, 7) is 30.4. The average Bonchev–Trinajstić information content (AvgIpc) is 3.11. The van der Waals surface area contributed by atoms with Crippen molar-refractivity contribution in [1.29, 1.82) is 0 Å². The molecule has 3 rings (SSSR count). The largest absolute Gasteiger partial charge is 0.459 e. The summed E-state index contributed by atoms with van der Waals surface area (Å²) in [4.78, 5) is 16.6. The molecule has 352 valence electrons. The van der Waals surface area contributed by atoms with Crippen LogP contribution in [0, 0.1) is 23.7 Å². The van der Waals surface area contributed by atoms with Crippen molar-refractivity contribution < 1.29 is 62.6 Å². The highest BCUT2D eigenvalue weighted by Crippen LogP contribution is 2.42. The summed E-state index contributed by atoms with van der Waals surface area (Å²) in [6, 6.07) is -0.0755. The number of aliphatic hydroxyl groups is 3. The SMILES string of the molecule is CC[C@H]1OC(=O)[C@H](C)[C@@H](O[C@H]2C[C@@](C)(OC)[C@@H](O[Si](C)(C)C)[C@H](C)O2)C(C)[C@@H](O[C@@H]2O[C@H](C)C[C@H](N(C)C)[C@H]2O[Si](C)(C)C)[C@](C)(O)C[C@@H](C)/C(=N\O)[C@H](C)[C@@H](O)[C@]1(C)O. The van der Waals surface area contributed by atoms with E-state index in [0.717, 1.165) is 0 Å². The zero-order chi connectivity index (χ0) is 46.1. The number of carbonyl (C=O) groups is 1. The Bertz CT molecular complexity index is 1420. The molecule has 0 aliphatic carbocycles. The highest BCUT2D eigenvalue weighted by molar-refractivity contribution is 6.70. The van der Waals surface area contributed by atoms with Gasteiger partial charge in [-0.15, -0.1) is 0 Å². The van der Waals surface area contributed by atoms with E-state index in [1.165, 1.54) is 6.92 Å². The van der Waals surface area contributed by atoms with Gasteiger partial charge in [-0.1, -0.05) is 32.9 Å². The normalized spacial score (nSPS) is 45.4. The third kappa shape index (κ3) is 12.8. The van der Waals surface area contributed by atoms with Crippen molar-refractivity contribution in [2.75, 3.05) is 21.2 Å². The molecule has 0 saturated carbocycles. The lowest BCUT2D eigenvalue weighted by Crippen LogP contribution is -2.62. The summed E-state index contributed by atoms with van der Waals surface area (Å²) in [5.41, 5.74) is -4.32. The molecule has 0 aromatic carbocycles. The summed E-state index contributed by atoms with van der Waals surface area (Å²) in [7, 11) is 1.40. The van der Waals surface area contributed by atoms with Crippen LogP contribution in [0.5, 0.6) is 0 Å². The number of hydrogen-bond donors (Lipinski definition) is 4. The third-order valence-electron chi connectivity index (χ3n) is 12.9. The second kappa shape index (κ2) is 20.4. The smallest absolute Gasteiger partial charge is 0.311 e. The van der Waals surface area contributed by atoms with Crippen molar-refractivity contribution in [3.8, 4) is 0 Å². The van der Waals surface area contributed by atoms with Crippen molar-refractivity contribution in [1.82, 2.24) is 4.90 Å². The standard InChI is InChI=1S/C43H84N2O13Si2/c1-20-31-43(10,49)36(46)26(4)33(44-50)24(2)22-41(8,48)37(56-40-35(57-59(14,15)16)30(45(11)12)21-25(3)52-40)27(5)34(28(6)39(47)54-31)55-32-23-42(9,51-13)38(29(7)53-32)58-60(17,18)19/h24-32,34-38,40,46,48-50H,20-23H2,1-19H3/b44-33+/t24-,25-,26+,27?,28-,29+,30+,31-,32+,34+,35-,36-,37-,38+,40+,41-,42-,43-/m1/s1. The van der Waals surface area contributed by atoms with Crippen LogP contribution in [0.25, 0.3) is 0 Å². The number of rotatable bonds is 11. The van der Waals surface area contributed by atoms with Gasteiger partial charge in [-0.05, 0) is 114 Å². The fourth-order valence-corrected chi connectivity index (χ4v) is 12.0. The van der Waals surface area contributed by atoms with E-state index in [4.69, 9.17) is 37.3 Å². The van der Waals surface area contributed by atoms with E-state index < -0.39 is 118 Å². The molecule has 17 heteroatoms. The summed E-state index contributed by atoms with van der Waals surface area (Å²) >= 11 is 0. The van der Waals surface area contributed by atoms with Gasteiger partial charge in [-0.2, -0.15) is 0 Å². The molecular formula is C43H84N2O13Si2. The molecule has 3 fully saturated rings. The van der Waals surface area contributed by atoms with E-state index in [-0.39, 0.29) is 37.1 Å². The number of oxime groups is 1. The number of hydrogen-bond acceptors (Lipinski definition) is 15. The number of methoxy groups -OCH3 is 1. The molecule has 3 aliphatic heterocycles. The maximum atomic E-state index is 14.5. The first-order chi connectivity index (χ1) is 27.3. The van der Waals surface area contributed by atoms with Gasteiger partial charge in [-0.25, -0.2) is 0 Å². The maximum absolute atomic E-state index is 14.5. The number of likely N-dealkylation sites (N-methyl/N-ethyl adjacent to an activating group) is 1. The fourth-order valence-electron chi connectivity index (χ4n) is 9.72. The monoisotopic (exact) mass is 893 g/mol. The number of cyclic esters (lactones) is 1. The van der Waals surface area contributed by atoms with Crippen LogP contribution in [0.1, 0.15) is 94.9 Å². The zero-order valence-electron chi connectivity index (χ0n) is 40.3. The molecule has 18 atom stereocenters. The van der Waals surface area contributed by atoms with E-state index in [1.807, 2.05) is 41.8 Å². The molecule has 0 aromatic rings. The first-order valence-corrected chi connectivity index (χ1v) is 28.9. The minimum atomic E-state index is -2.20. The van der Waals surface area contributed by atoms with Crippen molar-refractivity contribution in [3.05, 3.63) is 0 Å². The van der Waals surface area contributed by atoms with Gasteiger partial charge < -0.3 is 62.7 Å². The van der Waals surface area contributed by atoms with Gasteiger partial charge >= 0.3 is 5.97 Å². The Morgan fingerprint density at radius 2 is 1.43 bits per heavy atom. The van der Waals surface area contributed by atoms with Crippen LogP contribution in [0.3, 0.4) is 0 Å². The number of nitrogens with zero attached hydrogens (tertiary/aromatic N) is 2. The van der Waals surface area contributed by atoms with Crippen molar-refractivity contribution in [2.45, 2.75) is 218 Å². The number of aliphatic hydroxyl groups excluding tert-OH is 1. The average molecular weight is 893 g/mol. The Morgan fingerprint density at radius 1 is 0.850 bits per heavy atom. The molecule has 3 aliphatic rings. The Balaban J connectivity index is 2.28. The molecular weight excluding hydrogens is 809 g/mol. The molecule has 0 bridgehead atoms. The maximum Gasteiger partial charge on any atom is 0.311 e. The lowest BCUT2D eigenvalue weighted by molar-refractivity contribution is -0.315. The highest BCUT2D eigenvalue weighted by atomic mass is 28.4. The fraction of sp³-hybridized carbons (Fsp3) is 0.953. The number of esters is 1. The van der Waals surface area contributed by atoms with Gasteiger partial charge in [0.25, 0.3) is 0 Å². The van der Waals surface area contributed by atoms with Crippen LogP contribution in [0.15, 0.2) is 5.16 Å². The number of carbonyl (C=O) groups excluding carboxylic acids is 1. The van der Waals surface area contributed by atoms with Crippen LogP contribution in [0.4, 0.5) is 0 Å².